The first-order valence-electron chi connectivity index (χ1n) is 7.86. The van der Waals surface area contributed by atoms with Crippen molar-refractivity contribution in [1.82, 2.24) is 10.6 Å². The Morgan fingerprint density at radius 3 is 2.37 bits per heavy atom. The van der Waals surface area contributed by atoms with E-state index in [0.29, 0.717) is 25.1 Å². The molecular weight excluding hydrogens is 382 g/mol. The van der Waals surface area contributed by atoms with Crippen LogP contribution in [0.4, 0.5) is 26.3 Å². The van der Waals surface area contributed by atoms with E-state index in [9.17, 15) is 31.1 Å². The van der Waals surface area contributed by atoms with Gasteiger partial charge in [-0.25, -0.2) is 4.79 Å². The van der Waals surface area contributed by atoms with Crippen LogP contribution in [0.3, 0.4) is 0 Å². The second-order valence-corrected chi connectivity index (χ2v) is 5.79. The normalized spacial score (nSPS) is 17.6. The van der Waals surface area contributed by atoms with Crippen LogP contribution < -0.4 is 10.6 Å². The molecule has 0 aromatic heterocycles. The average Bonchev–Trinajstić information content (AvgIpc) is 2.54. The van der Waals surface area contributed by atoms with E-state index < -0.39 is 23.9 Å². The first kappa shape index (κ1) is 22.7. The van der Waals surface area contributed by atoms with Gasteiger partial charge in [0.15, 0.2) is 0 Å². The van der Waals surface area contributed by atoms with E-state index in [2.05, 4.69) is 10.6 Å². The highest BCUT2D eigenvalue weighted by Crippen LogP contribution is 2.29. The van der Waals surface area contributed by atoms with Crippen LogP contribution >= 0.6 is 0 Å². The Labute approximate surface area is 150 Å². The Balaban J connectivity index is 0.000000445. The molecule has 0 saturated carbocycles. The minimum Gasteiger partial charge on any atom is -0.475 e. The van der Waals surface area contributed by atoms with Gasteiger partial charge in [0.1, 0.15) is 0 Å². The van der Waals surface area contributed by atoms with Gasteiger partial charge in [0.2, 0.25) is 5.91 Å². The Morgan fingerprint density at radius 1 is 1.22 bits per heavy atom. The first-order valence-corrected chi connectivity index (χ1v) is 7.86. The molecule has 2 rings (SSSR count). The number of benzene rings is 1. The van der Waals surface area contributed by atoms with Crippen LogP contribution in [0.25, 0.3) is 0 Å². The maximum Gasteiger partial charge on any atom is 0.490 e. The van der Waals surface area contributed by atoms with Crippen molar-refractivity contribution in [2.45, 2.75) is 44.2 Å². The fourth-order valence-electron chi connectivity index (χ4n) is 2.28. The summed E-state index contributed by atoms with van der Waals surface area (Å²) in [5, 5.41) is 13.1. The van der Waals surface area contributed by atoms with E-state index in [1.165, 1.54) is 6.07 Å². The number of amides is 1. The van der Waals surface area contributed by atoms with Crippen LogP contribution in [-0.2, 0) is 22.3 Å². The van der Waals surface area contributed by atoms with Gasteiger partial charge in [-0.2, -0.15) is 26.3 Å². The van der Waals surface area contributed by atoms with E-state index >= 15 is 0 Å². The zero-order valence-corrected chi connectivity index (χ0v) is 14.0. The Morgan fingerprint density at radius 2 is 1.85 bits per heavy atom. The molecule has 1 saturated heterocycles. The molecule has 0 bridgehead atoms. The SMILES string of the molecule is O=C(O)C(F)(F)F.O=C1CCC[C@H](CNCc2cccc(C(F)(F)F)c2)N1. The van der Waals surface area contributed by atoms with Gasteiger partial charge < -0.3 is 15.7 Å². The summed E-state index contributed by atoms with van der Waals surface area (Å²) >= 11 is 0. The molecule has 0 unspecified atom stereocenters. The molecule has 0 aliphatic carbocycles. The van der Waals surface area contributed by atoms with E-state index in [0.717, 1.165) is 25.0 Å². The van der Waals surface area contributed by atoms with Crippen LogP contribution in [0.15, 0.2) is 24.3 Å². The summed E-state index contributed by atoms with van der Waals surface area (Å²) in [6.45, 7) is 0.929. The zero-order valence-electron chi connectivity index (χ0n) is 14.0. The average molecular weight is 400 g/mol. The van der Waals surface area contributed by atoms with Crippen molar-refractivity contribution >= 4 is 11.9 Å². The molecule has 0 spiro atoms. The highest BCUT2D eigenvalue weighted by atomic mass is 19.4. The van der Waals surface area contributed by atoms with Gasteiger partial charge in [0.05, 0.1) is 5.56 Å². The number of carbonyl (C=O) groups excluding carboxylic acids is 1. The number of rotatable bonds is 4. The number of carboxylic acid groups (broad SMARTS) is 1. The molecule has 1 aliphatic rings. The molecule has 11 heteroatoms. The number of aliphatic carboxylic acids is 1. The third-order valence-corrected chi connectivity index (χ3v) is 3.54. The van der Waals surface area contributed by atoms with Crippen molar-refractivity contribution < 1.29 is 41.0 Å². The lowest BCUT2D eigenvalue weighted by Gasteiger charge is -2.23. The van der Waals surface area contributed by atoms with Crippen LogP contribution in [-0.4, -0.2) is 35.7 Å². The summed E-state index contributed by atoms with van der Waals surface area (Å²) in [6.07, 6.45) is -7.07. The standard InChI is InChI=1S/C14H17F3N2O.C2HF3O2/c15-14(16,17)11-4-1-3-10(7-11)8-18-9-12-5-2-6-13(20)19-12;3-2(4,5)1(6)7/h1,3-4,7,12,18H,2,5-6,8-9H2,(H,19,20);(H,6,7)/t12-;/m1./s1. The molecule has 1 aromatic carbocycles. The third kappa shape index (κ3) is 8.76. The maximum absolute atomic E-state index is 12.6. The highest BCUT2D eigenvalue weighted by Gasteiger charge is 2.38. The lowest BCUT2D eigenvalue weighted by molar-refractivity contribution is -0.192. The maximum atomic E-state index is 12.6. The molecule has 5 nitrogen and oxygen atoms in total. The summed E-state index contributed by atoms with van der Waals surface area (Å²) < 4.78 is 69.4. The second kappa shape index (κ2) is 9.58. The molecule has 152 valence electrons. The molecule has 1 fully saturated rings. The van der Waals surface area contributed by atoms with Crippen molar-refractivity contribution in [3.05, 3.63) is 35.4 Å². The van der Waals surface area contributed by atoms with Gasteiger partial charge in [0.25, 0.3) is 0 Å². The van der Waals surface area contributed by atoms with Crippen molar-refractivity contribution in [3.63, 3.8) is 0 Å². The minimum atomic E-state index is -5.08. The fourth-order valence-corrected chi connectivity index (χ4v) is 2.28. The van der Waals surface area contributed by atoms with E-state index in [1.54, 1.807) is 6.07 Å². The van der Waals surface area contributed by atoms with Crippen molar-refractivity contribution in [2.24, 2.45) is 0 Å². The van der Waals surface area contributed by atoms with Gasteiger partial charge >= 0.3 is 18.3 Å². The second-order valence-electron chi connectivity index (χ2n) is 5.79. The highest BCUT2D eigenvalue weighted by molar-refractivity contribution is 5.76. The number of nitrogens with one attached hydrogen (secondary N) is 2. The number of carboxylic acids is 1. The van der Waals surface area contributed by atoms with Gasteiger partial charge in [-0.3, -0.25) is 4.79 Å². The van der Waals surface area contributed by atoms with Crippen molar-refractivity contribution in [3.8, 4) is 0 Å². The lowest BCUT2D eigenvalue weighted by Crippen LogP contribution is -2.44. The predicted molar refractivity (Wildman–Crippen MR) is 82.6 cm³/mol. The monoisotopic (exact) mass is 400 g/mol. The van der Waals surface area contributed by atoms with Crippen molar-refractivity contribution in [1.29, 1.82) is 0 Å². The van der Waals surface area contributed by atoms with Gasteiger partial charge in [-0.1, -0.05) is 18.2 Å². The molecule has 0 radical (unpaired) electrons. The number of piperidine rings is 1. The summed E-state index contributed by atoms with van der Waals surface area (Å²) in [5.41, 5.74) is -0.0512. The predicted octanol–water partition coefficient (Wildman–Crippen LogP) is 3.10. The van der Waals surface area contributed by atoms with Gasteiger partial charge in [-0.15, -0.1) is 0 Å². The first-order chi connectivity index (χ1) is 12.4. The minimum absolute atomic E-state index is 0.0436. The summed E-state index contributed by atoms with van der Waals surface area (Å²) in [6, 6.07) is 5.34. The van der Waals surface area contributed by atoms with Crippen LogP contribution in [0.2, 0.25) is 0 Å². The van der Waals surface area contributed by atoms with E-state index in [1.807, 2.05) is 0 Å². The molecule has 1 heterocycles. The summed E-state index contributed by atoms with van der Waals surface area (Å²) in [5.74, 6) is -2.71. The van der Waals surface area contributed by atoms with Crippen molar-refractivity contribution in [2.75, 3.05) is 6.54 Å². The molecule has 27 heavy (non-hydrogen) atoms. The Kier molecular flexibility index (Phi) is 8.07. The number of hydrogen-bond acceptors (Lipinski definition) is 3. The van der Waals surface area contributed by atoms with Crippen LogP contribution in [0, 0.1) is 0 Å². The van der Waals surface area contributed by atoms with Crippen LogP contribution in [0.5, 0.6) is 0 Å². The number of hydrogen-bond donors (Lipinski definition) is 3. The van der Waals surface area contributed by atoms with Crippen LogP contribution in [0.1, 0.15) is 30.4 Å². The van der Waals surface area contributed by atoms with Gasteiger partial charge in [-0.05, 0) is 24.5 Å². The molecule has 3 N–H and O–H groups in total. The molecule has 1 atom stereocenters. The summed E-state index contributed by atoms with van der Waals surface area (Å²) in [7, 11) is 0. The zero-order chi connectivity index (χ0) is 20.7. The fraction of sp³-hybridized carbons (Fsp3) is 0.500. The molecule has 1 amide bonds. The molecular formula is C16H18F6N2O3. The Hall–Kier alpha value is -2.30. The summed E-state index contributed by atoms with van der Waals surface area (Å²) in [4.78, 5) is 20.1. The number of carbonyl (C=O) groups is 2. The van der Waals surface area contributed by atoms with E-state index in [-0.39, 0.29) is 11.9 Å². The quantitative estimate of drug-likeness (QED) is 0.679. The number of alkyl halides is 6. The number of halogens is 6. The van der Waals surface area contributed by atoms with E-state index in [4.69, 9.17) is 9.90 Å². The largest absolute Gasteiger partial charge is 0.490 e. The smallest absolute Gasteiger partial charge is 0.475 e. The molecule has 1 aliphatic heterocycles. The topological polar surface area (TPSA) is 78.4 Å². The lowest BCUT2D eigenvalue weighted by atomic mass is 10.0. The molecule has 1 aromatic rings. The third-order valence-electron chi connectivity index (χ3n) is 3.54. The van der Waals surface area contributed by atoms with Gasteiger partial charge in [0, 0.05) is 25.6 Å². The Bertz CT molecular complexity index is 646.